The van der Waals surface area contributed by atoms with Gasteiger partial charge in [-0.1, -0.05) is 35.5 Å². The van der Waals surface area contributed by atoms with Crippen LogP contribution in [0.2, 0.25) is 0 Å². The second kappa shape index (κ2) is 4.90. The van der Waals surface area contributed by atoms with Crippen LogP contribution in [0.5, 0.6) is 0 Å². The molecule has 0 fully saturated rings. The zero-order valence-corrected chi connectivity index (χ0v) is 11.2. The summed E-state index contributed by atoms with van der Waals surface area (Å²) in [5.41, 5.74) is 4.13. The molecule has 0 saturated carbocycles. The Morgan fingerprint density at radius 1 is 1.20 bits per heavy atom. The quantitative estimate of drug-likeness (QED) is 0.867. The highest BCUT2D eigenvalue weighted by atomic mass is 16.7. The number of hydrogen-bond acceptors (Lipinski definition) is 6. The minimum absolute atomic E-state index is 0.421. The van der Waals surface area contributed by atoms with Crippen LogP contribution in [0.4, 0.5) is 5.82 Å². The first kappa shape index (κ1) is 12.6. The van der Waals surface area contributed by atoms with Gasteiger partial charge in [-0.15, -0.1) is 10.6 Å². The second-order valence-corrected chi connectivity index (χ2v) is 4.63. The Labute approximate surface area is 116 Å². The van der Waals surface area contributed by atoms with Gasteiger partial charge >= 0.3 is 0 Å². The van der Waals surface area contributed by atoms with E-state index in [2.05, 4.69) is 20.9 Å². The Hall–Kier alpha value is -2.47. The molecule has 3 rings (SSSR count). The minimum atomic E-state index is -0.760. The molecule has 2 aromatic rings. The molecule has 6 heteroatoms. The third-order valence-electron chi connectivity index (χ3n) is 3.08. The van der Waals surface area contributed by atoms with Gasteiger partial charge in [0.2, 0.25) is 5.82 Å². The number of rotatable bonds is 3. The Balaban J connectivity index is 1.96. The van der Waals surface area contributed by atoms with Crippen molar-refractivity contribution >= 4 is 11.4 Å². The summed E-state index contributed by atoms with van der Waals surface area (Å²) in [6.45, 7) is 3.79. The van der Waals surface area contributed by atoms with Crippen LogP contribution in [-0.4, -0.2) is 10.8 Å². The van der Waals surface area contributed by atoms with Gasteiger partial charge in [0, 0.05) is 11.6 Å². The van der Waals surface area contributed by atoms with Crippen molar-refractivity contribution in [1.82, 2.24) is 10.6 Å². The predicted molar refractivity (Wildman–Crippen MR) is 72.7 cm³/mol. The van der Waals surface area contributed by atoms with E-state index < -0.39 is 5.66 Å². The van der Waals surface area contributed by atoms with Gasteiger partial charge in [0.05, 0.1) is 0 Å². The average molecular weight is 270 g/mol. The lowest BCUT2D eigenvalue weighted by molar-refractivity contribution is 0.0873. The van der Waals surface area contributed by atoms with E-state index in [1.807, 2.05) is 44.2 Å². The van der Waals surface area contributed by atoms with Crippen molar-refractivity contribution in [3.05, 3.63) is 54.0 Å². The predicted octanol–water partition coefficient (Wildman–Crippen LogP) is 3.44. The molecule has 20 heavy (non-hydrogen) atoms. The van der Waals surface area contributed by atoms with Crippen molar-refractivity contribution in [3.8, 4) is 0 Å². The number of benzene rings is 1. The van der Waals surface area contributed by atoms with Gasteiger partial charge < -0.3 is 9.36 Å². The average Bonchev–Trinajstić information content (AvgIpc) is 3.07. The summed E-state index contributed by atoms with van der Waals surface area (Å²) in [6.07, 6.45) is 1.45. The summed E-state index contributed by atoms with van der Waals surface area (Å²) >= 11 is 0. The minimum Gasteiger partial charge on any atom is -0.410 e. The number of hydrogen-bond donors (Lipinski definition) is 1. The number of aromatic nitrogens is 1. The lowest BCUT2D eigenvalue weighted by Gasteiger charge is -2.19. The molecule has 0 aliphatic carbocycles. The van der Waals surface area contributed by atoms with Crippen LogP contribution in [-0.2, 0) is 4.84 Å². The van der Waals surface area contributed by atoms with Crippen LogP contribution in [0, 0.1) is 0 Å². The summed E-state index contributed by atoms with van der Waals surface area (Å²) < 4.78 is 4.73. The van der Waals surface area contributed by atoms with Crippen molar-refractivity contribution in [3.63, 3.8) is 0 Å². The highest BCUT2D eigenvalue weighted by Gasteiger charge is 2.38. The molecule has 1 aliphatic rings. The van der Waals surface area contributed by atoms with E-state index in [9.17, 15) is 0 Å². The van der Waals surface area contributed by atoms with Crippen LogP contribution in [0.3, 0.4) is 0 Å². The van der Waals surface area contributed by atoms with Crippen molar-refractivity contribution in [2.75, 3.05) is 0 Å². The molecule has 1 atom stereocenters. The summed E-state index contributed by atoms with van der Waals surface area (Å²) in [7, 11) is 0. The lowest BCUT2D eigenvalue weighted by Crippen LogP contribution is -2.35. The molecule has 0 amide bonds. The van der Waals surface area contributed by atoms with Gasteiger partial charge in [0.25, 0.3) is 0 Å². The Morgan fingerprint density at radius 3 is 2.70 bits per heavy atom. The zero-order valence-electron chi connectivity index (χ0n) is 11.2. The third kappa shape index (κ3) is 2.21. The molecule has 0 spiro atoms. The summed E-state index contributed by atoms with van der Waals surface area (Å²) in [4.78, 5) is 5.44. The van der Waals surface area contributed by atoms with Gasteiger partial charge in [0.1, 0.15) is 12.0 Å². The van der Waals surface area contributed by atoms with Crippen LogP contribution >= 0.6 is 0 Å². The monoisotopic (exact) mass is 270 g/mol. The SMILES string of the molecule is CC1=C(c2ccccc2)C(C)(N=Nc2ccon2)NO1. The maximum Gasteiger partial charge on any atom is 0.216 e. The molecule has 0 bridgehead atoms. The number of hydroxylamine groups is 1. The van der Waals surface area contributed by atoms with E-state index in [-0.39, 0.29) is 0 Å². The smallest absolute Gasteiger partial charge is 0.216 e. The first-order valence-corrected chi connectivity index (χ1v) is 6.23. The maximum absolute atomic E-state index is 5.44. The maximum atomic E-state index is 5.44. The number of nitrogens with one attached hydrogen (secondary N) is 1. The van der Waals surface area contributed by atoms with Crippen molar-refractivity contribution in [2.45, 2.75) is 19.5 Å². The summed E-state index contributed by atoms with van der Waals surface area (Å²) in [5, 5.41) is 12.1. The lowest BCUT2D eigenvalue weighted by atomic mass is 9.95. The van der Waals surface area contributed by atoms with Crippen LogP contribution in [0.1, 0.15) is 19.4 Å². The Bertz CT molecular complexity index is 649. The molecule has 1 aromatic carbocycles. The molecule has 102 valence electrons. The van der Waals surface area contributed by atoms with Crippen molar-refractivity contribution in [1.29, 1.82) is 0 Å². The third-order valence-corrected chi connectivity index (χ3v) is 3.08. The Kier molecular flexibility index (Phi) is 3.08. The van der Waals surface area contributed by atoms with Crippen molar-refractivity contribution < 1.29 is 9.36 Å². The first-order chi connectivity index (χ1) is 9.69. The van der Waals surface area contributed by atoms with E-state index in [1.54, 1.807) is 6.07 Å². The molecule has 0 saturated heterocycles. The fraction of sp³-hybridized carbons (Fsp3) is 0.214. The van der Waals surface area contributed by atoms with E-state index in [0.717, 1.165) is 16.9 Å². The fourth-order valence-corrected chi connectivity index (χ4v) is 2.19. The summed E-state index contributed by atoms with van der Waals surface area (Å²) in [5.74, 6) is 1.20. The number of azo groups is 1. The van der Waals surface area contributed by atoms with Gasteiger partial charge in [-0.05, 0) is 19.4 Å². The van der Waals surface area contributed by atoms with Gasteiger partial charge in [-0.2, -0.15) is 5.11 Å². The van der Waals surface area contributed by atoms with E-state index >= 15 is 0 Å². The van der Waals surface area contributed by atoms with Crippen LogP contribution < -0.4 is 5.48 Å². The standard InChI is InChI=1S/C14H14N4O2/c1-10-13(11-6-4-3-5-7-11)14(2,18-20-10)17-15-12-8-9-19-16-12/h3-9,18H,1-2H3. The molecule has 0 radical (unpaired) electrons. The largest absolute Gasteiger partial charge is 0.410 e. The van der Waals surface area contributed by atoms with Crippen LogP contribution in [0.25, 0.3) is 5.57 Å². The molecule has 2 heterocycles. The Morgan fingerprint density at radius 2 is 2.00 bits per heavy atom. The molecular formula is C14H14N4O2. The molecule has 1 aliphatic heterocycles. The summed E-state index contributed by atoms with van der Waals surface area (Å²) in [6, 6.07) is 11.6. The van der Waals surface area contributed by atoms with Gasteiger partial charge in [0.15, 0.2) is 5.66 Å². The number of nitrogens with zero attached hydrogens (tertiary/aromatic N) is 3. The van der Waals surface area contributed by atoms with Crippen LogP contribution in [0.15, 0.2) is 63.2 Å². The first-order valence-electron chi connectivity index (χ1n) is 6.23. The fourth-order valence-electron chi connectivity index (χ4n) is 2.19. The zero-order chi connectivity index (χ0) is 14.0. The second-order valence-electron chi connectivity index (χ2n) is 4.63. The van der Waals surface area contributed by atoms with Crippen molar-refractivity contribution in [2.24, 2.45) is 10.2 Å². The topological polar surface area (TPSA) is 72.0 Å². The highest BCUT2D eigenvalue weighted by molar-refractivity contribution is 5.75. The van der Waals surface area contributed by atoms with E-state index in [4.69, 9.17) is 9.36 Å². The molecule has 1 unspecified atom stereocenters. The number of allylic oxidation sites excluding steroid dienone is 1. The molecular weight excluding hydrogens is 256 g/mol. The van der Waals surface area contributed by atoms with E-state index in [1.165, 1.54) is 6.26 Å². The highest BCUT2D eigenvalue weighted by Crippen LogP contribution is 2.37. The molecule has 1 N–H and O–H groups in total. The molecule has 1 aromatic heterocycles. The molecule has 6 nitrogen and oxygen atoms in total. The van der Waals surface area contributed by atoms with Gasteiger partial charge in [-0.3, -0.25) is 0 Å². The van der Waals surface area contributed by atoms with E-state index in [0.29, 0.717) is 5.82 Å². The normalized spacial score (nSPS) is 22.5. The van der Waals surface area contributed by atoms with Gasteiger partial charge in [-0.25, -0.2) is 0 Å².